The maximum Gasteiger partial charge on any atom is 0.239 e. The zero-order valence-electron chi connectivity index (χ0n) is 11.2. The summed E-state index contributed by atoms with van der Waals surface area (Å²) in [6, 6.07) is 5.83. The van der Waals surface area contributed by atoms with Gasteiger partial charge in [-0.1, -0.05) is 6.07 Å². The largest absolute Gasteiger partial charge is 0.371 e. The van der Waals surface area contributed by atoms with Crippen LogP contribution in [0.25, 0.3) is 0 Å². The van der Waals surface area contributed by atoms with Crippen molar-refractivity contribution in [2.75, 3.05) is 38.1 Å². The van der Waals surface area contributed by atoms with E-state index in [4.69, 9.17) is 4.74 Å². The normalized spacial score (nSPS) is 26.4. The second kappa shape index (κ2) is 4.47. The fourth-order valence-electron chi connectivity index (χ4n) is 2.65. The molecule has 1 saturated heterocycles. The van der Waals surface area contributed by atoms with Crippen LogP contribution in [0.3, 0.4) is 0 Å². The molecule has 0 N–H and O–H groups in total. The van der Waals surface area contributed by atoms with Crippen molar-refractivity contribution >= 4 is 15.7 Å². The average molecular weight is 282 g/mol. The number of hydrogen-bond donors (Lipinski definition) is 0. The standard InChI is InChI=1S/C13H18N2O3S/c1-14-5-6-18-13(8-14)10-3-4-12-11(7-10)9-19(16,17)15(12)2/h3-4,7,13H,5-6,8-9H2,1-2H3. The first-order valence-corrected chi connectivity index (χ1v) is 7.98. The Hall–Kier alpha value is -1.11. The molecule has 2 aliphatic heterocycles. The maximum atomic E-state index is 11.8. The molecule has 1 aromatic rings. The summed E-state index contributed by atoms with van der Waals surface area (Å²) in [4.78, 5) is 2.23. The van der Waals surface area contributed by atoms with Crippen molar-refractivity contribution in [3.05, 3.63) is 29.3 Å². The van der Waals surface area contributed by atoms with Crippen LogP contribution in [0.15, 0.2) is 18.2 Å². The highest BCUT2D eigenvalue weighted by Gasteiger charge is 2.31. The molecule has 1 atom stereocenters. The van der Waals surface area contributed by atoms with Gasteiger partial charge in [0.05, 0.1) is 24.2 Å². The minimum absolute atomic E-state index is 0.0395. The third-order valence-corrected chi connectivity index (χ3v) is 5.55. The third-order valence-electron chi connectivity index (χ3n) is 3.84. The van der Waals surface area contributed by atoms with E-state index in [0.717, 1.165) is 36.5 Å². The van der Waals surface area contributed by atoms with Gasteiger partial charge < -0.3 is 9.64 Å². The summed E-state index contributed by atoms with van der Waals surface area (Å²) in [5.74, 6) is 0.0925. The van der Waals surface area contributed by atoms with E-state index in [1.807, 2.05) is 18.2 Å². The first-order valence-electron chi connectivity index (χ1n) is 6.37. The van der Waals surface area contributed by atoms with Gasteiger partial charge >= 0.3 is 0 Å². The molecule has 2 heterocycles. The van der Waals surface area contributed by atoms with Crippen molar-refractivity contribution in [2.45, 2.75) is 11.9 Å². The zero-order valence-corrected chi connectivity index (χ0v) is 12.0. The van der Waals surface area contributed by atoms with Crippen molar-refractivity contribution in [3.8, 4) is 0 Å². The number of sulfonamides is 1. The van der Waals surface area contributed by atoms with E-state index in [1.165, 1.54) is 4.31 Å². The monoisotopic (exact) mass is 282 g/mol. The van der Waals surface area contributed by atoms with Crippen molar-refractivity contribution in [1.29, 1.82) is 0 Å². The van der Waals surface area contributed by atoms with Gasteiger partial charge in [0.25, 0.3) is 0 Å². The summed E-state index contributed by atoms with van der Waals surface area (Å²) >= 11 is 0. The molecule has 0 aliphatic carbocycles. The summed E-state index contributed by atoms with van der Waals surface area (Å²) in [6.45, 7) is 2.51. The number of rotatable bonds is 1. The topological polar surface area (TPSA) is 49.9 Å². The van der Waals surface area contributed by atoms with Crippen molar-refractivity contribution in [3.63, 3.8) is 0 Å². The quantitative estimate of drug-likeness (QED) is 0.770. The molecule has 0 amide bonds. The summed E-state index contributed by atoms with van der Waals surface area (Å²) < 4.78 is 30.8. The molecule has 5 nitrogen and oxygen atoms in total. The Balaban J connectivity index is 1.91. The van der Waals surface area contributed by atoms with Gasteiger partial charge in [-0.25, -0.2) is 8.42 Å². The first-order chi connectivity index (χ1) is 8.97. The number of fused-ring (bicyclic) bond motifs is 1. The second-order valence-electron chi connectivity index (χ2n) is 5.23. The molecule has 19 heavy (non-hydrogen) atoms. The van der Waals surface area contributed by atoms with Gasteiger partial charge in [-0.05, 0) is 30.3 Å². The molecule has 0 radical (unpaired) electrons. The lowest BCUT2D eigenvalue weighted by molar-refractivity contribution is -0.0209. The fourth-order valence-corrected chi connectivity index (χ4v) is 3.95. The van der Waals surface area contributed by atoms with Crippen LogP contribution in [0.2, 0.25) is 0 Å². The SMILES string of the molecule is CN1CCOC(c2ccc3c(c2)CS(=O)(=O)N3C)C1. The van der Waals surface area contributed by atoms with Crippen LogP contribution in [0, 0.1) is 0 Å². The van der Waals surface area contributed by atoms with E-state index in [1.54, 1.807) is 7.05 Å². The van der Waals surface area contributed by atoms with Crippen LogP contribution in [0.5, 0.6) is 0 Å². The molecule has 1 aromatic carbocycles. The van der Waals surface area contributed by atoms with Gasteiger partial charge in [0, 0.05) is 20.1 Å². The Morgan fingerprint density at radius 3 is 2.84 bits per heavy atom. The molecular weight excluding hydrogens is 264 g/mol. The molecule has 3 rings (SSSR count). The average Bonchev–Trinajstić information content (AvgIpc) is 2.59. The molecule has 6 heteroatoms. The van der Waals surface area contributed by atoms with E-state index in [-0.39, 0.29) is 11.9 Å². The minimum Gasteiger partial charge on any atom is -0.371 e. The molecule has 1 unspecified atom stereocenters. The van der Waals surface area contributed by atoms with E-state index in [2.05, 4.69) is 11.9 Å². The van der Waals surface area contributed by atoms with Crippen LogP contribution in [0.1, 0.15) is 17.2 Å². The van der Waals surface area contributed by atoms with Crippen molar-refractivity contribution in [1.82, 2.24) is 4.90 Å². The summed E-state index contributed by atoms with van der Waals surface area (Å²) in [5, 5.41) is 0. The van der Waals surface area contributed by atoms with Crippen molar-refractivity contribution < 1.29 is 13.2 Å². The number of likely N-dealkylation sites (N-methyl/N-ethyl adjacent to an activating group) is 1. The highest BCUT2D eigenvalue weighted by molar-refractivity contribution is 7.92. The number of benzene rings is 1. The Kier molecular flexibility index (Phi) is 3.03. The minimum atomic E-state index is -3.16. The first kappa shape index (κ1) is 12.9. The molecule has 0 saturated carbocycles. The third kappa shape index (κ3) is 2.24. The lowest BCUT2D eigenvalue weighted by Crippen LogP contribution is -2.35. The number of anilines is 1. The molecular formula is C13H18N2O3S. The Bertz CT molecular complexity index is 600. The van der Waals surface area contributed by atoms with Crippen LogP contribution < -0.4 is 4.31 Å². The Morgan fingerprint density at radius 2 is 2.11 bits per heavy atom. The van der Waals surface area contributed by atoms with Gasteiger partial charge in [0.15, 0.2) is 0 Å². The van der Waals surface area contributed by atoms with Crippen molar-refractivity contribution in [2.24, 2.45) is 0 Å². The number of hydrogen-bond acceptors (Lipinski definition) is 4. The summed E-state index contributed by atoms with van der Waals surface area (Å²) in [6.07, 6.45) is 0.0395. The molecule has 2 aliphatic rings. The molecule has 0 spiro atoms. The van der Waals surface area contributed by atoms with E-state index in [0.29, 0.717) is 0 Å². The molecule has 104 valence electrons. The molecule has 1 fully saturated rings. The smallest absolute Gasteiger partial charge is 0.239 e. The highest BCUT2D eigenvalue weighted by atomic mass is 32.2. The molecule has 0 bridgehead atoms. The second-order valence-corrected chi connectivity index (χ2v) is 7.23. The fraction of sp³-hybridized carbons (Fsp3) is 0.538. The predicted octanol–water partition coefficient (Wildman–Crippen LogP) is 0.969. The number of ether oxygens (including phenoxy) is 1. The highest BCUT2D eigenvalue weighted by Crippen LogP contribution is 2.35. The van der Waals surface area contributed by atoms with Gasteiger partial charge in [0.1, 0.15) is 0 Å². The molecule has 0 aromatic heterocycles. The lowest BCUT2D eigenvalue weighted by Gasteiger charge is -2.30. The number of nitrogens with zero attached hydrogens (tertiary/aromatic N) is 2. The lowest BCUT2D eigenvalue weighted by atomic mass is 10.0. The van der Waals surface area contributed by atoms with Crippen LogP contribution >= 0.6 is 0 Å². The van der Waals surface area contributed by atoms with Crippen LogP contribution in [-0.2, 0) is 20.5 Å². The van der Waals surface area contributed by atoms with Crippen LogP contribution in [0.4, 0.5) is 5.69 Å². The maximum absolute atomic E-state index is 11.8. The van der Waals surface area contributed by atoms with Gasteiger partial charge in [-0.15, -0.1) is 0 Å². The Labute approximate surface area is 113 Å². The van der Waals surface area contributed by atoms with E-state index in [9.17, 15) is 8.42 Å². The Morgan fingerprint density at radius 1 is 1.32 bits per heavy atom. The van der Waals surface area contributed by atoms with Crippen LogP contribution in [-0.4, -0.2) is 47.1 Å². The van der Waals surface area contributed by atoms with Gasteiger partial charge in [-0.2, -0.15) is 0 Å². The summed E-state index contributed by atoms with van der Waals surface area (Å²) in [7, 11) is 0.513. The summed E-state index contributed by atoms with van der Waals surface area (Å²) in [5.41, 5.74) is 2.72. The zero-order chi connectivity index (χ0) is 13.6. The van der Waals surface area contributed by atoms with E-state index >= 15 is 0 Å². The predicted molar refractivity (Wildman–Crippen MR) is 73.7 cm³/mol. The number of morpholine rings is 1. The van der Waals surface area contributed by atoms with Gasteiger partial charge in [-0.3, -0.25) is 4.31 Å². The van der Waals surface area contributed by atoms with Gasteiger partial charge in [0.2, 0.25) is 10.0 Å². The van der Waals surface area contributed by atoms with E-state index < -0.39 is 10.0 Å².